The van der Waals surface area contributed by atoms with Gasteiger partial charge >= 0.3 is 5.97 Å². The molecule has 17 nitrogen and oxygen atoms in total. The van der Waals surface area contributed by atoms with Gasteiger partial charge in [0, 0.05) is 25.3 Å². The first-order valence-corrected chi connectivity index (χ1v) is 12.3. The number of primary amides is 1. The quantitative estimate of drug-likeness (QED) is 0.0307. The topological polar surface area (TPSA) is 323 Å². The Morgan fingerprint density at radius 1 is 0.711 bits per heavy atom. The largest absolute Gasteiger partial charge is 0.480 e. The molecule has 38 heavy (non-hydrogen) atoms. The Bertz CT molecular complexity index is 878. The molecule has 0 spiro atoms. The van der Waals surface area contributed by atoms with E-state index in [1.807, 2.05) is 0 Å². The first kappa shape index (κ1) is 34.2. The molecule has 0 aromatic carbocycles. The lowest BCUT2D eigenvalue weighted by Gasteiger charge is -2.24. The molecular weight excluding hydrogens is 522 g/mol. The van der Waals surface area contributed by atoms with Gasteiger partial charge in [-0.05, 0) is 32.1 Å². The van der Waals surface area contributed by atoms with Crippen molar-refractivity contribution in [2.24, 2.45) is 44.4 Å². The van der Waals surface area contributed by atoms with Gasteiger partial charge in [-0.25, -0.2) is 4.79 Å². The molecule has 0 fully saturated rings. The minimum atomic E-state index is -1.42. The first-order valence-electron chi connectivity index (χ1n) is 11.7. The van der Waals surface area contributed by atoms with Crippen LogP contribution in [-0.2, 0) is 24.0 Å². The predicted molar refractivity (Wildman–Crippen MR) is 144 cm³/mol. The van der Waals surface area contributed by atoms with Gasteiger partial charge in [-0.15, -0.1) is 0 Å². The highest BCUT2D eigenvalue weighted by Gasteiger charge is 2.29. The van der Waals surface area contributed by atoms with E-state index in [1.54, 1.807) is 0 Å². The SMILES string of the molecule is NC(=O)CCC(NC(=O)C(CS)NC(=O)C(CCCN=C(N)N)NC(=O)C(N)CCCN=C(N)N)C(=O)O. The lowest BCUT2D eigenvalue weighted by Crippen LogP contribution is -2.57. The van der Waals surface area contributed by atoms with Crippen molar-refractivity contribution in [1.29, 1.82) is 0 Å². The zero-order valence-electron chi connectivity index (χ0n) is 21.0. The van der Waals surface area contributed by atoms with Gasteiger partial charge in [0.2, 0.25) is 23.6 Å². The van der Waals surface area contributed by atoms with Crippen molar-refractivity contribution in [1.82, 2.24) is 16.0 Å². The van der Waals surface area contributed by atoms with E-state index in [1.165, 1.54) is 0 Å². The molecule has 0 aliphatic rings. The molecule has 18 heteroatoms. The summed E-state index contributed by atoms with van der Waals surface area (Å²) in [6.07, 6.45) is 0.512. The van der Waals surface area contributed by atoms with Crippen LogP contribution in [0.3, 0.4) is 0 Å². The lowest BCUT2D eigenvalue weighted by atomic mass is 10.1. The maximum atomic E-state index is 13.0. The summed E-state index contributed by atoms with van der Waals surface area (Å²) in [5.41, 5.74) is 32.0. The van der Waals surface area contributed by atoms with Gasteiger partial charge in [-0.1, -0.05) is 0 Å². The molecule has 4 atom stereocenters. The van der Waals surface area contributed by atoms with Crippen LogP contribution in [-0.4, -0.2) is 89.6 Å². The molecule has 0 aromatic heterocycles. The Hall–Kier alpha value is -3.80. The monoisotopic (exact) mass is 561 g/mol. The standard InChI is InChI=1S/C20H39N11O6S/c21-10(3-1-7-27-19(23)24)15(33)29-11(4-2-8-28-20(25)26)16(34)31-13(9-38)17(35)30-12(18(36)37)5-6-14(22)32/h10-13,38H,1-9,21H2,(H2,22,32)(H,29,33)(H,30,35)(H,31,34)(H,36,37)(H4,23,24,27)(H4,25,26,28). The Balaban J connectivity index is 5.35. The summed E-state index contributed by atoms with van der Waals surface area (Å²) >= 11 is 4.05. The van der Waals surface area contributed by atoms with E-state index in [2.05, 4.69) is 38.6 Å². The molecule has 0 radical (unpaired) electrons. The van der Waals surface area contributed by atoms with Crippen molar-refractivity contribution < 1.29 is 29.1 Å². The minimum Gasteiger partial charge on any atom is -0.480 e. The fourth-order valence-corrected chi connectivity index (χ4v) is 3.24. The average molecular weight is 562 g/mol. The number of amides is 4. The number of hydrogen-bond donors (Lipinski definition) is 11. The number of nitrogens with zero attached hydrogens (tertiary/aromatic N) is 2. The van der Waals surface area contributed by atoms with Gasteiger partial charge in [-0.2, -0.15) is 12.6 Å². The van der Waals surface area contributed by atoms with Crippen LogP contribution in [0.4, 0.5) is 0 Å². The number of aliphatic carboxylic acids is 1. The van der Waals surface area contributed by atoms with E-state index in [0.29, 0.717) is 12.8 Å². The molecular formula is C20H39N11O6S. The number of nitrogens with one attached hydrogen (secondary N) is 3. The average Bonchev–Trinajstić information content (AvgIpc) is 2.83. The van der Waals surface area contributed by atoms with Crippen molar-refractivity contribution in [3.63, 3.8) is 0 Å². The molecule has 0 heterocycles. The summed E-state index contributed by atoms with van der Waals surface area (Å²) in [5.74, 6) is -4.78. The molecule has 0 aliphatic heterocycles. The smallest absolute Gasteiger partial charge is 0.326 e. The maximum Gasteiger partial charge on any atom is 0.326 e. The number of carboxylic acid groups (broad SMARTS) is 1. The number of aliphatic imine (C=N–C) groups is 2. The van der Waals surface area contributed by atoms with Crippen LogP contribution < -0.4 is 50.4 Å². The van der Waals surface area contributed by atoms with E-state index in [4.69, 9.17) is 34.4 Å². The highest BCUT2D eigenvalue weighted by molar-refractivity contribution is 7.80. The number of hydrogen-bond acceptors (Lipinski definition) is 9. The summed E-state index contributed by atoms with van der Waals surface area (Å²) in [7, 11) is 0. The number of thiol groups is 1. The number of carbonyl (C=O) groups is 5. The van der Waals surface area contributed by atoms with E-state index in [-0.39, 0.29) is 56.4 Å². The zero-order valence-corrected chi connectivity index (χ0v) is 21.9. The molecule has 0 bridgehead atoms. The highest BCUT2D eigenvalue weighted by Crippen LogP contribution is 2.04. The van der Waals surface area contributed by atoms with E-state index < -0.39 is 53.8 Å². The lowest BCUT2D eigenvalue weighted by molar-refractivity contribution is -0.142. The molecule has 4 unspecified atom stereocenters. The van der Waals surface area contributed by atoms with Crippen LogP contribution >= 0.6 is 12.6 Å². The second-order valence-corrected chi connectivity index (χ2v) is 8.58. The first-order chi connectivity index (χ1) is 17.8. The maximum absolute atomic E-state index is 13.0. The van der Waals surface area contributed by atoms with Crippen LogP contribution in [0.2, 0.25) is 0 Å². The van der Waals surface area contributed by atoms with Gasteiger partial charge in [0.25, 0.3) is 0 Å². The van der Waals surface area contributed by atoms with Crippen LogP contribution in [0.5, 0.6) is 0 Å². The van der Waals surface area contributed by atoms with Gasteiger partial charge in [-0.3, -0.25) is 29.2 Å². The van der Waals surface area contributed by atoms with Crippen molar-refractivity contribution in [3.8, 4) is 0 Å². The number of rotatable bonds is 19. The molecule has 16 N–H and O–H groups in total. The molecule has 0 aliphatic carbocycles. The van der Waals surface area contributed by atoms with Crippen molar-refractivity contribution in [2.75, 3.05) is 18.8 Å². The Morgan fingerprint density at radius 2 is 1.18 bits per heavy atom. The number of carbonyl (C=O) groups excluding carboxylic acids is 4. The molecule has 216 valence electrons. The van der Waals surface area contributed by atoms with Crippen LogP contribution in [0.25, 0.3) is 0 Å². The highest BCUT2D eigenvalue weighted by atomic mass is 32.1. The van der Waals surface area contributed by atoms with Crippen LogP contribution in [0.1, 0.15) is 38.5 Å². The predicted octanol–water partition coefficient (Wildman–Crippen LogP) is -4.84. The molecule has 0 rings (SSSR count). The third-order valence-electron chi connectivity index (χ3n) is 4.99. The third kappa shape index (κ3) is 15.3. The summed E-state index contributed by atoms with van der Waals surface area (Å²) < 4.78 is 0. The second kappa shape index (κ2) is 18.4. The number of guanidine groups is 2. The molecule has 0 aromatic rings. The fraction of sp³-hybridized carbons (Fsp3) is 0.650. The summed E-state index contributed by atoms with van der Waals surface area (Å²) in [6, 6.07) is -4.77. The zero-order chi connectivity index (χ0) is 29.3. The summed E-state index contributed by atoms with van der Waals surface area (Å²) in [6.45, 7) is 0.435. The third-order valence-corrected chi connectivity index (χ3v) is 5.36. The van der Waals surface area contributed by atoms with E-state index in [0.717, 1.165) is 0 Å². The van der Waals surface area contributed by atoms with Gasteiger partial charge in [0.15, 0.2) is 11.9 Å². The molecule has 0 saturated heterocycles. The second-order valence-electron chi connectivity index (χ2n) is 8.21. The Morgan fingerprint density at radius 3 is 1.66 bits per heavy atom. The van der Waals surface area contributed by atoms with Crippen molar-refractivity contribution in [2.45, 2.75) is 62.7 Å². The van der Waals surface area contributed by atoms with Crippen LogP contribution in [0.15, 0.2) is 9.98 Å². The number of nitrogens with two attached hydrogens (primary N) is 6. The van der Waals surface area contributed by atoms with Crippen LogP contribution in [0, 0.1) is 0 Å². The van der Waals surface area contributed by atoms with Crippen molar-refractivity contribution in [3.05, 3.63) is 0 Å². The Kier molecular flexibility index (Phi) is 16.6. The molecule has 0 saturated carbocycles. The Labute approximate surface area is 225 Å². The van der Waals surface area contributed by atoms with Crippen molar-refractivity contribution >= 4 is 54.1 Å². The fourth-order valence-electron chi connectivity index (χ4n) is 2.98. The molecule has 4 amide bonds. The summed E-state index contributed by atoms with van der Waals surface area (Å²) in [5, 5.41) is 16.5. The normalized spacial score (nSPS) is 13.6. The van der Waals surface area contributed by atoms with Gasteiger partial charge < -0.3 is 55.5 Å². The summed E-state index contributed by atoms with van der Waals surface area (Å²) in [4.78, 5) is 68.2. The number of carboxylic acids is 1. The van der Waals surface area contributed by atoms with E-state index >= 15 is 0 Å². The van der Waals surface area contributed by atoms with E-state index in [9.17, 15) is 29.1 Å². The van der Waals surface area contributed by atoms with Gasteiger partial charge in [0.1, 0.15) is 18.1 Å². The minimum absolute atomic E-state index is 0.0896. The van der Waals surface area contributed by atoms with Gasteiger partial charge in [0.05, 0.1) is 6.04 Å².